The predicted molar refractivity (Wildman–Crippen MR) is 104 cm³/mol. The first-order valence-corrected chi connectivity index (χ1v) is 9.23. The van der Waals surface area contributed by atoms with Gasteiger partial charge in [-0.2, -0.15) is 0 Å². The number of halogens is 1. The molecule has 138 valence electrons. The number of esters is 1. The molecule has 0 saturated carbocycles. The molecule has 0 spiro atoms. The summed E-state index contributed by atoms with van der Waals surface area (Å²) < 4.78 is 10.5. The highest BCUT2D eigenvalue weighted by atomic mass is 35.5. The number of hydrogen-bond donors (Lipinski definition) is 1. The molecule has 7 heteroatoms. The Morgan fingerprint density at radius 1 is 1.12 bits per heavy atom. The van der Waals surface area contributed by atoms with Crippen LogP contribution < -0.4 is 10.1 Å². The van der Waals surface area contributed by atoms with Gasteiger partial charge in [0, 0.05) is 9.92 Å². The second kappa shape index (κ2) is 9.50. The number of ether oxygens (including phenoxy) is 2. The van der Waals surface area contributed by atoms with Gasteiger partial charge in [-0.25, -0.2) is 0 Å². The van der Waals surface area contributed by atoms with Crippen LogP contribution in [0.3, 0.4) is 0 Å². The number of thioether (sulfide) groups is 1. The summed E-state index contributed by atoms with van der Waals surface area (Å²) in [6.07, 6.45) is -0.954. The number of nitrogens with one attached hydrogen (secondary N) is 1. The minimum Gasteiger partial charge on any atom is -0.495 e. The molecule has 2 aromatic carbocycles. The Hall–Kier alpha value is -2.18. The molecule has 0 aliphatic rings. The van der Waals surface area contributed by atoms with Gasteiger partial charge in [0.1, 0.15) is 11.0 Å². The van der Waals surface area contributed by atoms with Crippen molar-refractivity contribution in [1.82, 2.24) is 0 Å². The van der Waals surface area contributed by atoms with E-state index in [0.717, 1.165) is 4.90 Å². The third kappa shape index (κ3) is 5.68. The molecule has 1 N–H and O–H groups in total. The SMILES string of the molecule is COc1ccc(Cl)cc1NC(=O)[C@@H](C)OC(=O)[C@@H](C)Sc1ccccc1. The summed E-state index contributed by atoms with van der Waals surface area (Å²) in [5, 5.41) is 2.68. The van der Waals surface area contributed by atoms with Crippen molar-refractivity contribution in [2.75, 3.05) is 12.4 Å². The maximum Gasteiger partial charge on any atom is 0.319 e. The maximum atomic E-state index is 12.3. The Balaban J connectivity index is 1.94. The van der Waals surface area contributed by atoms with E-state index in [1.807, 2.05) is 30.3 Å². The first-order chi connectivity index (χ1) is 12.4. The number of methoxy groups -OCH3 is 1. The fraction of sp³-hybridized carbons (Fsp3) is 0.263. The van der Waals surface area contributed by atoms with Crippen molar-refractivity contribution >= 4 is 40.9 Å². The lowest BCUT2D eigenvalue weighted by Gasteiger charge is -2.17. The average Bonchev–Trinajstić information content (AvgIpc) is 2.62. The zero-order valence-electron chi connectivity index (χ0n) is 14.7. The van der Waals surface area contributed by atoms with Gasteiger partial charge in [0.2, 0.25) is 0 Å². The van der Waals surface area contributed by atoms with Crippen LogP contribution in [0.1, 0.15) is 13.8 Å². The molecule has 1 amide bonds. The highest BCUT2D eigenvalue weighted by Gasteiger charge is 2.23. The van der Waals surface area contributed by atoms with Crippen molar-refractivity contribution in [3.8, 4) is 5.75 Å². The van der Waals surface area contributed by atoms with E-state index in [0.29, 0.717) is 16.5 Å². The Morgan fingerprint density at radius 3 is 2.46 bits per heavy atom. The molecule has 26 heavy (non-hydrogen) atoms. The van der Waals surface area contributed by atoms with Crippen LogP contribution in [-0.2, 0) is 14.3 Å². The van der Waals surface area contributed by atoms with Gasteiger partial charge in [-0.1, -0.05) is 29.8 Å². The number of anilines is 1. The van der Waals surface area contributed by atoms with Crippen molar-refractivity contribution in [2.45, 2.75) is 30.1 Å². The summed E-state index contributed by atoms with van der Waals surface area (Å²) in [7, 11) is 1.49. The minimum atomic E-state index is -0.954. The van der Waals surface area contributed by atoms with Crippen LogP contribution >= 0.6 is 23.4 Å². The smallest absolute Gasteiger partial charge is 0.319 e. The fourth-order valence-corrected chi connectivity index (χ4v) is 3.13. The van der Waals surface area contributed by atoms with Crippen molar-refractivity contribution in [1.29, 1.82) is 0 Å². The lowest BCUT2D eigenvalue weighted by Crippen LogP contribution is -2.32. The van der Waals surface area contributed by atoms with Gasteiger partial charge in [-0.3, -0.25) is 9.59 Å². The van der Waals surface area contributed by atoms with E-state index in [9.17, 15) is 9.59 Å². The van der Waals surface area contributed by atoms with Gasteiger partial charge in [-0.15, -0.1) is 11.8 Å². The van der Waals surface area contributed by atoms with E-state index in [2.05, 4.69) is 5.32 Å². The highest BCUT2D eigenvalue weighted by molar-refractivity contribution is 8.00. The van der Waals surface area contributed by atoms with Gasteiger partial charge in [0.05, 0.1) is 12.8 Å². The average molecular weight is 394 g/mol. The van der Waals surface area contributed by atoms with E-state index < -0.39 is 23.2 Å². The first-order valence-electron chi connectivity index (χ1n) is 7.97. The summed E-state index contributed by atoms with van der Waals surface area (Å²) in [6, 6.07) is 14.4. The molecule has 0 heterocycles. The van der Waals surface area contributed by atoms with Crippen molar-refractivity contribution in [2.24, 2.45) is 0 Å². The number of carbonyl (C=O) groups is 2. The van der Waals surface area contributed by atoms with Gasteiger partial charge in [0.25, 0.3) is 5.91 Å². The van der Waals surface area contributed by atoms with Crippen LogP contribution in [0, 0.1) is 0 Å². The molecule has 2 rings (SSSR count). The van der Waals surface area contributed by atoms with Crippen molar-refractivity contribution < 1.29 is 19.1 Å². The second-order valence-electron chi connectivity index (χ2n) is 5.49. The van der Waals surface area contributed by atoms with Crippen LogP contribution in [0.15, 0.2) is 53.4 Å². The lowest BCUT2D eigenvalue weighted by atomic mass is 10.2. The van der Waals surface area contributed by atoms with Crippen molar-refractivity contribution in [3.05, 3.63) is 53.6 Å². The zero-order valence-corrected chi connectivity index (χ0v) is 16.3. The van der Waals surface area contributed by atoms with Crippen molar-refractivity contribution in [3.63, 3.8) is 0 Å². The van der Waals surface area contributed by atoms with Gasteiger partial charge in [-0.05, 0) is 44.2 Å². The van der Waals surface area contributed by atoms with Gasteiger partial charge in [0.15, 0.2) is 6.10 Å². The van der Waals surface area contributed by atoms with Crippen LogP contribution in [0.4, 0.5) is 5.69 Å². The van der Waals surface area contributed by atoms with E-state index in [4.69, 9.17) is 21.1 Å². The number of benzene rings is 2. The van der Waals surface area contributed by atoms with Crippen LogP contribution in [-0.4, -0.2) is 30.3 Å². The second-order valence-corrected chi connectivity index (χ2v) is 7.34. The molecule has 2 aromatic rings. The van der Waals surface area contributed by atoms with E-state index in [-0.39, 0.29) is 0 Å². The molecule has 0 aliphatic carbocycles. The topological polar surface area (TPSA) is 64.6 Å². The molecule has 0 bridgehead atoms. The highest BCUT2D eigenvalue weighted by Crippen LogP contribution is 2.28. The number of hydrogen-bond acceptors (Lipinski definition) is 5. The number of rotatable bonds is 7. The number of amides is 1. The number of carbonyl (C=O) groups excluding carboxylic acids is 2. The van der Waals surface area contributed by atoms with Crippen LogP contribution in [0.5, 0.6) is 5.75 Å². The maximum absolute atomic E-state index is 12.3. The summed E-state index contributed by atoms with van der Waals surface area (Å²) in [6.45, 7) is 3.26. The Morgan fingerprint density at radius 2 is 1.81 bits per heavy atom. The molecular formula is C19H20ClNO4S. The third-order valence-corrected chi connectivity index (χ3v) is 4.79. The Bertz CT molecular complexity index is 769. The predicted octanol–water partition coefficient (Wildman–Crippen LogP) is 4.40. The third-order valence-electron chi connectivity index (χ3n) is 3.47. The standard InChI is InChI=1S/C19H20ClNO4S/c1-12(18(22)21-16-11-14(20)9-10-17(16)24-3)25-19(23)13(2)26-15-7-5-4-6-8-15/h4-13H,1-3H3,(H,21,22)/t12-,13-/m1/s1. The molecule has 0 saturated heterocycles. The molecular weight excluding hydrogens is 374 g/mol. The van der Waals surface area contributed by atoms with Gasteiger partial charge < -0.3 is 14.8 Å². The normalized spacial score (nSPS) is 12.8. The molecule has 0 radical (unpaired) electrons. The monoisotopic (exact) mass is 393 g/mol. The quantitative estimate of drug-likeness (QED) is 0.558. The summed E-state index contributed by atoms with van der Waals surface area (Å²) in [4.78, 5) is 25.5. The Kier molecular flexibility index (Phi) is 7.36. The zero-order chi connectivity index (χ0) is 19.1. The molecule has 0 unspecified atom stereocenters. The van der Waals surface area contributed by atoms with E-state index in [1.54, 1.807) is 25.1 Å². The van der Waals surface area contributed by atoms with Crippen LogP contribution in [0.25, 0.3) is 0 Å². The first kappa shape index (κ1) is 20.1. The minimum absolute atomic E-state index is 0.416. The van der Waals surface area contributed by atoms with Crippen LogP contribution in [0.2, 0.25) is 5.02 Å². The molecule has 0 fully saturated rings. The molecule has 0 aromatic heterocycles. The van der Waals surface area contributed by atoms with E-state index in [1.165, 1.54) is 25.8 Å². The molecule has 5 nitrogen and oxygen atoms in total. The lowest BCUT2D eigenvalue weighted by molar-refractivity contribution is -0.152. The molecule has 0 aliphatic heterocycles. The largest absolute Gasteiger partial charge is 0.495 e. The molecule has 2 atom stereocenters. The Labute approximate surface area is 162 Å². The summed E-state index contributed by atoms with van der Waals surface area (Å²) in [5.41, 5.74) is 0.416. The summed E-state index contributed by atoms with van der Waals surface area (Å²) >= 11 is 7.32. The van der Waals surface area contributed by atoms with E-state index >= 15 is 0 Å². The summed E-state index contributed by atoms with van der Waals surface area (Å²) in [5.74, 6) is -0.454. The van der Waals surface area contributed by atoms with Gasteiger partial charge >= 0.3 is 5.97 Å². The fourth-order valence-electron chi connectivity index (χ4n) is 2.09.